The van der Waals surface area contributed by atoms with Gasteiger partial charge < -0.3 is 9.30 Å². The summed E-state index contributed by atoms with van der Waals surface area (Å²) in [7, 11) is 0. The average Bonchev–Trinajstić information content (AvgIpc) is 3.31. The van der Waals surface area contributed by atoms with Crippen LogP contribution in [0.5, 0.6) is 0 Å². The summed E-state index contributed by atoms with van der Waals surface area (Å²) in [5.74, 6) is -0.493. The summed E-state index contributed by atoms with van der Waals surface area (Å²) in [4.78, 5) is 26.2. The van der Waals surface area contributed by atoms with E-state index in [0.717, 1.165) is 16.1 Å². The molecule has 0 N–H and O–H groups in total. The average molecular weight is 394 g/mol. The van der Waals surface area contributed by atoms with Gasteiger partial charge in [-0.05, 0) is 43.5 Å². The summed E-state index contributed by atoms with van der Waals surface area (Å²) >= 11 is 1.67. The fourth-order valence-electron chi connectivity index (χ4n) is 3.11. The van der Waals surface area contributed by atoms with Gasteiger partial charge in [0, 0.05) is 16.3 Å². The molecule has 1 aromatic carbocycles. The molecule has 0 aliphatic heterocycles. The van der Waals surface area contributed by atoms with E-state index in [0.29, 0.717) is 23.0 Å². The first-order chi connectivity index (χ1) is 13.5. The van der Waals surface area contributed by atoms with E-state index in [9.17, 15) is 9.59 Å². The molecule has 0 fully saturated rings. The van der Waals surface area contributed by atoms with Gasteiger partial charge >= 0.3 is 5.97 Å². The van der Waals surface area contributed by atoms with Crippen LogP contribution in [0.2, 0.25) is 0 Å². The van der Waals surface area contributed by atoms with E-state index in [4.69, 9.17) is 4.74 Å². The van der Waals surface area contributed by atoms with Gasteiger partial charge in [-0.1, -0.05) is 23.4 Å². The summed E-state index contributed by atoms with van der Waals surface area (Å²) in [5.41, 5.74) is 2.44. The smallest absolute Gasteiger partial charge is 0.341 e. The third-order valence-electron chi connectivity index (χ3n) is 4.63. The molecule has 0 saturated carbocycles. The molecular formula is C20H18N4O3S. The van der Waals surface area contributed by atoms with Crippen LogP contribution < -0.4 is 5.56 Å². The molecule has 0 aliphatic carbocycles. The lowest BCUT2D eigenvalue weighted by Crippen LogP contribution is -2.26. The van der Waals surface area contributed by atoms with Gasteiger partial charge in [0.05, 0.1) is 17.5 Å². The van der Waals surface area contributed by atoms with Gasteiger partial charge in [0.2, 0.25) is 0 Å². The number of benzene rings is 1. The molecule has 28 heavy (non-hydrogen) atoms. The Hall–Kier alpha value is -3.26. The summed E-state index contributed by atoms with van der Waals surface area (Å²) in [6.45, 7) is 4.26. The molecule has 8 heteroatoms. The number of thiophene rings is 1. The van der Waals surface area contributed by atoms with E-state index in [1.54, 1.807) is 41.7 Å². The monoisotopic (exact) mass is 394 g/mol. The maximum atomic E-state index is 12.6. The third kappa shape index (κ3) is 3.34. The first-order valence-electron chi connectivity index (χ1n) is 8.73. The Morgan fingerprint density at radius 1 is 1.18 bits per heavy atom. The molecule has 0 radical (unpaired) electrons. The second-order valence-electron chi connectivity index (χ2n) is 6.42. The van der Waals surface area contributed by atoms with Gasteiger partial charge in [-0.3, -0.25) is 4.79 Å². The number of nitrogens with zero attached hydrogens (tertiary/aromatic N) is 4. The fraction of sp³-hybridized carbons (Fsp3) is 0.200. The standard InChI is InChI=1S/C20H18N4O3S/c1-13-10-17(14(2)23(13)11-15-6-5-9-28-15)20(26)27-12-24-19(25)16-7-3-4-8-18(16)21-22-24/h3-10H,11-12H2,1-2H3. The minimum atomic E-state index is -0.493. The molecule has 0 spiro atoms. The molecule has 3 heterocycles. The predicted molar refractivity (Wildman–Crippen MR) is 107 cm³/mol. The second kappa shape index (κ2) is 7.40. The number of hydrogen-bond acceptors (Lipinski definition) is 6. The molecular weight excluding hydrogens is 376 g/mol. The second-order valence-corrected chi connectivity index (χ2v) is 7.45. The Bertz CT molecular complexity index is 1210. The Kier molecular flexibility index (Phi) is 4.79. The van der Waals surface area contributed by atoms with Gasteiger partial charge in [0.15, 0.2) is 6.73 Å². The number of carbonyl (C=O) groups excluding carboxylic acids is 1. The predicted octanol–water partition coefficient (Wildman–Crippen LogP) is 3.13. The molecule has 0 amide bonds. The maximum Gasteiger partial charge on any atom is 0.341 e. The van der Waals surface area contributed by atoms with Crippen LogP contribution in [0, 0.1) is 13.8 Å². The van der Waals surface area contributed by atoms with Crippen molar-refractivity contribution in [1.82, 2.24) is 19.6 Å². The van der Waals surface area contributed by atoms with Gasteiger partial charge in [0.25, 0.3) is 5.56 Å². The van der Waals surface area contributed by atoms with Crippen LogP contribution in [0.4, 0.5) is 0 Å². The molecule has 7 nitrogen and oxygen atoms in total. The van der Waals surface area contributed by atoms with E-state index < -0.39 is 5.97 Å². The number of aryl methyl sites for hydroxylation is 1. The molecule has 0 saturated heterocycles. The van der Waals surface area contributed by atoms with E-state index >= 15 is 0 Å². The molecule has 0 aliphatic rings. The highest BCUT2D eigenvalue weighted by Gasteiger charge is 2.18. The topological polar surface area (TPSA) is 79.0 Å². The van der Waals surface area contributed by atoms with Crippen molar-refractivity contribution >= 4 is 28.2 Å². The highest BCUT2D eigenvalue weighted by atomic mass is 32.1. The highest BCUT2D eigenvalue weighted by molar-refractivity contribution is 7.09. The zero-order valence-corrected chi connectivity index (χ0v) is 16.3. The Balaban J connectivity index is 1.53. The van der Waals surface area contributed by atoms with Crippen molar-refractivity contribution in [2.45, 2.75) is 27.1 Å². The fourth-order valence-corrected chi connectivity index (χ4v) is 3.81. The molecule has 0 bridgehead atoms. The van der Waals surface area contributed by atoms with Crippen molar-refractivity contribution in [2.24, 2.45) is 0 Å². The molecule has 4 aromatic rings. The quantitative estimate of drug-likeness (QED) is 0.486. The van der Waals surface area contributed by atoms with Crippen LogP contribution in [0.3, 0.4) is 0 Å². The number of hydrogen-bond donors (Lipinski definition) is 0. The Morgan fingerprint density at radius 3 is 2.79 bits per heavy atom. The molecule has 3 aromatic heterocycles. The van der Waals surface area contributed by atoms with Crippen molar-refractivity contribution in [2.75, 3.05) is 0 Å². The highest BCUT2D eigenvalue weighted by Crippen LogP contribution is 2.20. The van der Waals surface area contributed by atoms with Gasteiger partial charge in [-0.25, -0.2) is 4.79 Å². The van der Waals surface area contributed by atoms with E-state index in [2.05, 4.69) is 20.9 Å². The Morgan fingerprint density at radius 2 is 2.00 bits per heavy atom. The van der Waals surface area contributed by atoms with E-state index in [1.165, 1.54) is 4.88 Å². The summed E-state index contributed by atoms with van der Waals surface area (Å²) in [6, 6.07) is 12.8. The summed E-state index contributed by atoms with van der Waals surface area (Å²) in [6.07, 6.45) is 0. The van der Waals surface area contributed by atoms with Crippen molar-refractivity contribution < 1.29 is 9.53 Å². The Labute approximate surface area is 164 Å². The lowest BCUT2D eigenvalue weighted by atomic mass is 10.2. The third-order valence-corrected chi connectivity index (χ3v) is 5.50. The zero-order chi connectivity index (χ0) is 19.7. The number of carbonyl (C=O) groups is 1. The molecule has 0 atom stereocenters. The van der Waals surface area contributed by atoms with Gasteiger partial charge in [0.1, 0.15) is 5.52 Å². The largest absolute Gasteiger partial charge is 0.438 e. The van der Waals surface area contributed by atoms with Crippen molar-refractivity contribution in [3.8, 4) is 0 Å². The molecule has 142 valence electrons. The zero-order valence-electron chi connectivity index (χ0n) is 15.5. The number of rotatable bonds is 5. The van der Waals surface area contributed by atoms with Gasteiger partial charge in [-0.15, -0.1) is 16.4 Å². The van der Waals surface area contributed by atoms with Crippen molar-refractivity contribution in [3.05, 3.63) is 80.0 Å². The normalized spacial score (nSPS) is 11.1. The first kappa shape index (κ1) is 18.1. The first-order valence-corrected chi connectivity index (χ1v) is 9.61. The van der Waals surface area contributed by atoms with Crippen LogP contribution in [0.25, 0.3) is 10.9 Å². The van der Waals surface area contributed by atoms with Crippen molar-refractivity contribution in [1.29, 1.82) is 0 Å². The SMILES string of the molecule is Cc1cc(C(=O)OCn2nnc3ccccc3c2=O)c(C)n1Cc1cccs1. The molecule has 0 unspecified atom stereocenters. The van der Waals surface area contributed by atoms with Crippen LogP contribution in [0.1, 0.15) is 26.6 Å². The number of fused-ring (bicyclic) bond motifs is 1. The van der Waals surface area contributed by atoms with Crippen LogP contribution in [-0.2, 0) is 18.0 Å². The van der Waals surface area contributed by atoms with Crippen LogP contribution in [-0.4, -0.2) is 25.5 Å². The minimum absolute atomic E-state index is 0.288. The minimum Gasteiger partial charge on any atom is -0.438 e. The number of esters is 1. The van der Waals surface area contributed by atoms with E-state index in [-0.39, 0.29) is 12.3 Å². The van der Waals surface area contributed by atoms with Crippen LogP contribution in [0.15, 0.2) is 52.6 Å². The van der Waals surface area contributed by atoms with Crippen molar-refractivity contribution in [3.63, 3.8) is 0 Å². The van der Waals surface area contributed by atoms with E-state index in [1.807, 2.05) is 25.3 Å². The number of aromatic nitrogens is 4. The summed E-state index contributed by atoms with van der Waals surface area (Å²) < 4.78 is 8.46. The lowest BCUT2D eigenvalue weighted by Gasteiger charge is -2.09. The summed E-state index contributed by atoms with van der Waals surface area (Å²) in [5, 5.41) is 10.3. The van der Waals surface area contributed by atoms with Crippen LogP contribution >= 0.6 is 11.3 Å². The maximum absolute atomic E-state index is 12.6. The molecule has 4 rings (SSSR count). The van der Waals surface area contributed by atoms with Gasteiger partial charge in [-0.2, -0.15) is 4.68 Å². The number of ether oxygens (including phenoxy) is 1. The lowest BCUT2D eigenvalue weighted by molar-refractivity contribution is 0.0335.